The van der Waals surface area contributed by atoms with Crippen LogP contribution in [0.3, 0.4) is 0 Å². The lowest BCUT2D eigenvalue weighted by Crippen LogP contribution is -3.00. The Kier molecular flexibility index (Phi) is 5.04. The third-order valence-electron chi connectivity index (χ3n) is 3.08. The highest BCUT2D eigenvalue weighted by Crippen LogP contribution is 2.14. The minimum atomic E-state index is 0. The molecule has 19 heavy (non-hydrogen) atoms. The summed E-state index contributed by atoms with van der Waals surface area (Å²) in [6, 6.07) is 0. The number of hydrogen-bond acceptors (Lipinski definition) is 5. The number of aromatic nitrogens is 4. The van der Waals surface area contributed by atoms with Crippen molar-refractivity contribution >= 4 is 17.0 Å². The van der Waals surface area contributed by atoms with Crippen LogP contribution >= 0.6 is 0 Å². The van der Waals surface area contributed by atoms with Crippen molar-refractivity contribution in [2.75, 3.05) is 39.5 Å². The van der Waals surface area contributed by atoms with Crippen LogP contribution < -0.4 is 18.1 Å². The van der Waals surface area contributed by atoms with Gasteiger partial charge in [-0.1, -0.05) is 0 Å². The van der Waals surface area contributed by atoms with Gasteiger partial charge in [0.05, 0.1) is 40.1 Å². The smallest absolute Gasteiger partial charge is 0.165 e. The molecule has 0 unspecified atom stereocenters. The van der Waals surface area contributed by atoms with Crippen LogP contribution in [0.1, 0.15) is 0 Å². The first-order chi connectivity index (χ1) is 8.53. The largest absolute Gasteiger partial charge is 1.00 e. The van der Waals surface area contributed by atoms with Gasteiger partial charge in [0, 0.05) is 0 Å². The normalized spacial score (nSPS) is 11.5. The van der Waals surface area contributed by atoms with E-state index in [1.807, 2.05) is 4.57 Å². The Bertz CT molecular complexity index is 541. The third-order valence-corrected chi connectivity index (χ3v) is 3.08. The Morgan fingerprint density at radius 3 is 2.68 bits per heavy atom. The Labute approximate surface area is 118 Å². The number of nitrogen functional groups attached to an aromatic ring is 1. The summed E-state index contributed by atoms with van der Waals surface area (Å²) in [5, 5.41) is 9.00. The standard InChI is InChI=1S/C11H19N6O.ClH/c1-17(2,5-6-18)4-3-16-8-15-9-10(12)13-7-14-11(9)16;/h7-8,18H,3-6H2,1-2H3,(H2,12,13,14);1H/q+1;/p-1. The highest BCUT2D eigenvalue weighted by molar-refractivity contribution is 5.80. The summed E-state index contributed by atoms with van der Waals surface area (Å²) in [7, 11) is 4.16. The van der Waals surface area contributed by atoms with Crippen molar-refractivity contribution in [1.82, 2.24) is 19.5 Å². The van der Waals surface area contributed by atoms with Crippen molar-refractivity contribution in [3.05, 3.63) is 12.7 Å². The molecule has 0 saturated heterocycles. The van der Waals surface area contributed by atoms with Crippen LogP contribution in [-0.4, -0.2) is 62.9 Å². The van der Waals surface area contributed by atoms with Gasteiger partial charge in [-0.2, -0.15) is 0 Å². The van der Waals surface area contributed by atoms with Crippen LogP contribution in [0, 0.1) is 0 Å². The lowest BCUT2D eigenvalue weighted by atomic mass is 10.4. The maximum Gasteiger partial charge on any atom is 0.165 e. The summed E-state index contributed by atoms with van der Waals surface area (Å²) < 4.78 is 2.71. The summed E-state index contributed by atoms with van der Waals surface area (Å²) in [6.45, 7) is 2.58. The number of aliphatic hydroxyl groups excluding tert-OH is 1. The van der Waals surface area contributed by atoms with Crippen LogP contribution in [0.4, 0.5) is 5.82 Å². The molecule has 0 aromatic carbocycles. The molecule has 0 radical (unpaired) electrons. The fourth-order valence-corrected chi connectivity index (χ4v) is 1.82. The van der Waals surface area contributed by atoms with Gasteiger partial charge < -0.3 is 32.3 Å². The number of anilines is 1. The monoisotopic (exact) mass is 286 g/mol. The van der Waals surface area contributed by atoms with Gasteiger partial charge in [0.1, 0.15) is 18.4 Å². The number of halogens is 1. The number of imidazole rings is 1. The van der Waals surface area contributed by atoms with Gasteiger partial charge in [-0.25, -0.2) is 15.0 Å². The molecule has 0 aliphatic rings. The SMILES string of the molecule is C[N+](C)(CCO)CCn1cnc2c(N)ncnc21.[Cl-]. The van der Waals surface area contributed by atoms with Crippen molar-refractivity contribution in [2.45, 2.75) is 6.54 Å². The lowest BCUT2D eigenvalue weighted by molar-refractivity contribution is -0.891. The van der Waals surface area contributed by atoms with E-state index >= 15 is 0 Å². The first-order valence-corrected chi connectivity index (χ1v) is 5.88. The quantitative estimate of drug-likeness (QED) is 0.556. The molecule has 0 atom stereocenters. The van der Waals surface area contributed by atoms with E-state index in [2.05, 4.69) is 29.0 Å². The second kappa shape index (κ2) is 6.14. The number of fused-ring (bicyclic) bond motifs is 1. The highest BCUT2D eigenvalue weighted by atomic mass is 35.5. The molecule has 7 nitrogen and oxygen atoms in total. The van der Waals surface area contributed by atoms with Gasteiger partial charge in [0.2, 0.25) is 0 Å². The average molecular weight is 287 g/mol. The average Bonchev–Trinajstić information content (AvgIpc) is 2.71. The van der Waals surface area contributed by atoms with E-state index in [0.717, 1.165) is 29.8 Å². The first kappa shape index (κ1) is 15.6. The number of nitrogens with zero attached hydrogens (tertiary/aromatic N) is 5. The molecule has 2 rings (SSSR count). The Hall–Kier alpha value is -1.44. The van der Waals surface area contributed by atoms with E-state index in [9.17, 15) is 0 Å². The number of nitrogens with two attached hydrogens (primary N) is 1. The van der Waals surface area contributed by atoms with Crippen LogP contribution in [0.15, 0.2) is 12.7 Å². The zero-order valence-electron chi connectivity index (χ0n) is 11.1. The van der Waals surface area contributed by atoms with Crippen molar-refractivity contribution in [1.29, 1.82) is 0 Å². The van der Waals surface area contributed by atoms with E-state index in [0.29, 0.717) is 11.3 Å². The van der Waals surface area contributed by atoms with E-state index < -0.39 is 0 Å². The highest BCUT2D eigenvalue weighted by Gasteiger charge is 2.15. The van der Waals surface area contributed by atoms with Gasteiger partial charge in [-0.15, -0.1) is 0 Å². The molecule has 0 fully saturated rings. The topological polar surface area (TPSA) is 89.8 Å². The van der Waals surface area contributed by atoms with Crippen molar-refractivity contribution in [2.24, 2.45) is 0 Å². The van der Waals surface area contributed by atoms with Crippen LogP contribution in [0.5, 0.6) is 0 Å². The minimum absolute atomic E-state index is 0. The Morgan fingerprint density at radius 1 is 1.26 bits per heavy atom. The van der Waals surface area contributed by atoms with Gasteiger partial charge in [-0.3, -0.25) is 0 Å². The number of quaternary nitrogens is 1. The Morgan fingerprint density at radius 2 is 2.00 bits per heavy atom. The number of rotatable bonds is 5. The van der Waals surface area contributed by atoms with Crippen molar-refractivity contribution < 1.29 is 22.0 Å². The van der Waals surface area contributed by atoms with Gasteiger partial charge >= 0.3 is 0 Å². The zero-order chi connectivity index (χ0) is 13.2. The van der Waals surface area contributed by atoms with Crippen LogP contribution in [0.2, 0.25) is 0 Å². The van der Waals surface area contributed by atoms with E-state index in [1.54, 1.807) is 6.33 Å². The van der Waals surface area contributed by atoms with E-state index in [1.165, 1.54) is 6.33 Å². The molecule has 0 bridgehead atoms. The molecule has 2 aromatic heterocycles. The molecule has 2 aromatic rings. The summed E-state index contributed by atoms with van der Waals surface area (Å²) in [6.07, 6.45) is 3.18. The second-order valence-corrected chi connectivity index (χ2v) is 4.98. The zero-order valence-corrected chi connectivity index (χ0v) is 11.9. The molecule has 8 heteroatoms. The molecular weight excluding hydrogens is 268 g/mol. The predicted molar refractivity (Wildman–Crippen MR) is 68.7 cm³/mol. The molecule has 3 N–H and O–H groups in total. The molecule has 0 aliphatic carbocycles. The summed E-state index contributed by atoms with van der Waals surface area (Å²) in [5.74, 6) is 0.405. The molecule has 0 amide bonds. The number of likely N-dealkylation sites (N-methyl/N-ethyl adjacent to an activating group) is 1. The molecule has 0 saturated carbocycles. The summed E-state index contributed by atoms with van der Waals surface area (Å²) in [4.78, 5) is 12.3. The third kappa shape index (κ3) is 3.52. The summed E-state index contributed by atoms with van der Waals surface area (Å²) in [5.41, 5.74) is 7.13. The van der Waals surface area contributed by atoms with Crippen molar-refractivity contribution in [3.63, 3.8) is 0 Å². The van der Waals surface area contributed by atoms with E-state index in [4.69, 9.17) is 10.8 Å². The van der Waals surface area contributed by atoms with E-state index in [-0.39, 0.29) is 19.0 Å². The number of hydrogen-bond donors (Lipinski definition) is 2. The van der Waals surface area contributed by atoms with Crippen LogP contribution in [0.25, 0.3) is 11.2 Å². The Balaban J connectivity index is 0.00000180. The van der Waals surface area contributed by atoms with Gasteiger partial charge in [0.25, 0.3) is 0 Å². The van der Waals surface area contributed by atoms with Crippen LogP contribution in [-0.2, 0) is 6.54 Å². The van der Waals surface area contributed by atoms with Gasteiger partial charge in [-0.05, 0) is 0 Å². The fraction of sp³-hybridized carbons (Fsp3) is 0.545. The van der Waals surface area contributed by atoms with Crippen molar-refractivity contribution in [3.8, 4) is 0 Å². The minimum Gasteiger partial charge on any atom is -1.00 e. The lowest BCUT2D eigenvalue weighted by Gasteiger charge is -2.28. The predicted octanol–water partition coefficient (Wildman–Crippen LogP) is -3.52. The summed E-state index contributed by atoms with van der Waals surface area (Å²) >= 11 is 0. The molecular formula is C11H19ClN6O. The molecule has 0 spiro atoms. The maximum atomic E-state index is 9.00. The van der Waals surface area contributed by atoms with Gasteiger partial charge in [0.15, 0.2) is 11.5 Å². The first-order valence-electron chi connectivity index (χ1n) is 5.88. The maximum absolute atomic E-state index is 9.00. The number of aliphatic hydroxyl groups is 1. The molecule has 106 valence electrons. The second-order valence-electron chi connectivity index (χ2n) is 4.98. The fourth-order valence-electron chi connectivity index (χ4n) is 1.82. The molecule has 0 aliphatic heterocycles. The molecule has 2 heterocycles.